The van der Waals surface area contributed by atoms with Crippen LogP contribution in [0.15, 0.2) is 60.7 Å². The van der Waals surface area contributed by atoms with Gasteiger partial charge in [0.1, 0.15) is 5.75 Å². The van der Waals surface area contributed by atoms with Crippen LogP contribution in [0.2, 0.25) is 0 Å². The van der Waals surface area contributed by atoms with Crippen LogP contribution < -0.4 is 9.19 Å². The van der Waals surface area contributed by atoms with Crippen LogP contribution in [0.1, 0.15) is 0 Å². The van der Waals surface area contributed by atoms with Crippen molar-refractivity contribution in [3.63, 3.8) is 0 Å². The Morgan fingerprint density at radius 3 is 2.33 bits per heavy atom. The molecule has 4 heteroatoms. The molecule has 2 aromatic rings. The fraction of sp³-hybridized carbons (Fsp3) is 0.143. The fourth-order valence-corrected chi connectivity index (χ4v) is 3.22. The summed E-state index contributed by atoms with van der Waals surface area (Å²) in [5.74, 6) is 0.853. The van der Waals surface area contributed by atoms with E-state index in [1.807, 2.05) is 48.5 Å². The zero-order valence-corrected chi connectivity index (χ0v) is 10.8. The summed E-state index contributed by atoms with van der Waals surface area (Å²) in [5.41, 5.74) is 1.15. The summed E-state index contributed by atoms with van der Waals surface area (Å²) < 4.78 is 13.8. The molecule has 0 aliphatic carbocycles. The van der Waals surface area contributed by atoms with Crippen molar-refractivity contribution in [2.24, 2.45) is 0 Å². The number of benzene rings is 2. The number of rotatable bonds is 3. The topological polar surface area (TPSA) is 21.7 Å². The highest BCUT2D eigenvalue weighted by Crippen LogP contribution is 2.49. The summed E-state index contributed by atoms with van der Waals surface area (Å²) in [7, 11) is -1.03. The van der Waals surface area contributed by atoms with E-state index in [2.05, 4.69) is 16.8 Å². The van der Waals surface area contributed by atoms with Crippen LogP contribution in [-0.4, -0.2) is 13.2 Å². The molecule has 1 atom stereocenters. The van der Waals surface area contributed by atoms with E-state index < -0.39 is 8.53 Å². The normalized spacial score (nSPS) is 18.9. The Balaban J connectivity index is 1.76. The molecule has 2 aromatic carbocycles. The van der Waals surface area contributed by atoms with Gasteiger partial charge >= 0.3 is 8.53 Å². The Kier molecular flexibility index (Phi) is 3.44. The molecule has 18 heavy (non-hydrogen) atoms. The highest BCUT2D eigenvalue weighted by Gasteiger charge is 2.29. The minimum atomic E-state index is -1.03. The van der Waals surface area contributed by atoms with Crippen LogP contribution in [0.4, 0.5) is 5.69 Å². The maximum atomic E-state index is 5.91. The third-order valence-corrected chi connectivity index (χ3v) is 4.28. The second-order valence-corrected chi connectivity index (χ2v) is 5.33. The van der Waals surface area contributed by atoms with Gasteiger partial charge in [-0.2, -0.15) is 0 Å². The van der Waals surface area contributed by atoms with Crippen molar-refractivity contribution in [1.82, 2.24) is 0 Å². The predicted octanol–water partition coefficient (Wildman–Crippen LogP) is 3.83. The van der Waals surface area contributed by atoms with Crippen molar-refractivity contribution in [2.45, 2.75) is 0 Å². The minimum Gasteiger partial charge on any atom is -0.432 e. The minimum absolute atomic E-state index is 0.716. The first-order chi connectivity index (χ1) is 8.93. The number of para-hydroxylation sites is 2. The smallest absolute Gasteiger partial charge is 0.353 e. The third kappa shape index (κ3) is 2.47. The molecule has 1 heterocycles. The fourth-order valence-electron chi connectivity index (χ4n) is 1.83. The molecule has 3 rings (SSSR count). The Hall–Kier alpha value is -1.57. The molecule has 0 N–H and O–H groups in total. The molecule has 0 aromatic heterocycles. The summed E-state index contributed by atoms with van der Waals surface area (Å²) in [6, 6.07) is 20.1. The van der Waals surface area contributed by atoms with Crippen LogP contribution in [0.5, 0.6) is 5.75 Å². The molecule has 1 fully saturated rings. The molecule has 1 saturated heterocycles. The standard InChI is InChI=1S/C14H14NO2P/c1-3-7-13(8-4-1)15-11-12-16-18(15)17-14-9-5-2-6-10-14/h1-10H,11-12H2. The molecule has 3 nitrogen and oxygen atoms in total. The van der Waals surface area contributed by atoms with Crippen LogP contribution >= 0.6 is 8.53 Å². The van der Waals surface area contributed by atoms with Gasteiger partial charge in [-0.3, -0.25) is 4.67 Å². The first kappa shape index (κ1) is 11.5. The highest BCUT2D eigenvalue weighted by atomic mass is 31.2. The third-order valence-electron chi connectivity index (χ3n) is 2.68. The average Bonchev–Trinajstić information content (AvgIpc) is 2.89. The van der Waals surface area contributed by atoms with Gasteiger partial charge in [0.05, 0.1) is 13.2 Å². The van der Waals surface area contributed by atoms with E-state index in [4.69, 9.17) is 9.05 Å². The van der Waals surface area contributed by atoms with Gasteiger partial charge in [-0.1, -0.05) is 36.4 Å². The van der Waals surface area contributed by atoms with Gasteiger partial charge in [0, 0.05) is 5.69 Å². The number of hydrogen-bond donors (Lipinski definition) is 0. The van der Waals surface area contributed by atoms with E-state index in [-0.39, 0.29) is 0 Å². The maximum absolute atomic E-state index is 5.91. The van der Waals surface area contributed by atoms with Gasteiger partial charge in [0.15, 0.2) is 0 Å². The van der Waals surface area contributed by atoms with Gasteiger partial charge < -0.3 is 9.05 Å². The van der Waals surface area contributed by atoms with Gasteiger partial charge in [-0.25, -0.2) is 0 Å². The summed E-state index contributed by atoms with van der Waals surface area (Å²) in [5, 5.41) is 0. The van der Waals surface area contributed by atoms with Gasteiger partial charge in [-0.15, -0.1) is 0 Å². The van der Waals surface area contributed by atoms with E-state index in [1.165, 1.54) is 0 Å². The van der Waals surface area contributed by atoms with Crippen LogP contribution in [-0.2, 0) is 4.52 Å². The van der Waals surface area contributed by atoms with Crippen molar-refractivity contribution in [2.75, 3.05) is 17.8 Å². The van der Waals surface area contributed by atoms with Crippen molar-refractivity contribution in [3.8, 4) is 5.75 Å². The van der Waals surface area contributed by atoms with Crippen LogP contribution in [0.3, 0.4) is 0 Å². The second kappa shape index (κ2) is 5.38. The highest BCUT2D eigenvalue weighted by molar-refractivity contribution is 7.49. The molecular formula is C14H14NO2P. The zero-order valence-electron chi connectivity index (χ0n) is 9.90. The molecule has 0 amide bonds. The lowest BCUT2D eigenvalue weighted by Crippen LogP contribution is -2.14. The largest absolute Gasteiger partial charge is 0.432 e. The Morgan fingerprint density at radius 1 is 0.944 bits per heavy atom. The van der Waals surface area contributed by atoms with Gasteiger partial charge in [0.25, 0.3) is 0 Å². The Bertz CT molecular complexity index is 492. The lowest BCUT2D eigenvalue weighted by atomic mass is 10.3. The van der Waals surface area contributed by atoms with Crippen molar-refractivity contribution in [3.05, 3.63) is 60.7 Å². The molecule has 92 valence electrons. The lowest BCUT2D eigenvalue weighted by Gasteiger charge is -2.22. The van der Waals surface area contributed by atoms with E-state index >= 15 is 0 Å². The van der Waals surface area contributed by atoms with E-state index in [0.717, 1.165) is 18.0 Å². The summed E-state index contributed by atoms with van der Waals surface area (Å²) in [6.45, 7) is 1.59. The number of nitrogens with zero attached hydrogens (tertiary/aromatic N) is 1. The summed E-state index contributed by atoms with van der Waals surface area (Å²) in [4.78, 5) is 0. The molecule has 0 bridgehead atoms. The average molecular weight is 259 g/mol. The molecule has 1 unspecified atom stereocenters. The molecule has 0 spiro atoms. The summed E-state index contributed by atoms with van der Waals surface area (Å²) >= 11 is 0. The monoisotopic (exact) mass is 259 g/mol. The lowest BCUT2D eigenvalue weighted by molar-refractivity contribution is 0.359. The van der Waals surface area contributed by atoms with Crippen LogP contribution in [0.25, 0.3) is 0 Å². The first-order valence-corrected chi connectivity index (χ1v) is 7.05. The first-order valence-electron chi connectivity index (χ1n) is 5.92. The zero-order chi connectivity index (χ0) is 12.2. The van der Waals surface area contributed by atoms with Gasteiger partial charge in [-0.05, 0) is 24.3 Å². The Labute approximate surface area is 108 Å². The van der Waals surface area contributed by atoms with Gasteiger partial charge in [0.2, 0.25) is 0 Å². The molecule has 1 aliphatic heterocycles. The van der Waals surface area contributed by atoms with Crippen LogP contribution in [0, 0.1) is 0 Å². The Morgan fingerprint density at radius 2 is 1.61 bits per heavy atom. The number of anilines is 1. The number of hydrogen-bond acceptors (Lipinski definition) is 3. The van der Waals surface area contributed by atoms with E-state index in [9.17, 15) is 0 Å². The molecule has 1 aliphatic rings. The van der Waals surface area contributed by atoms with E-state index in [1.54, 1.807) is 0 Å². The van der Waals surface area contributed by atoms with E-state index in [0.29, 0.717) is 6.61 Å². The predicted molar refractivity (Wildman–Crippen MR) is 73.7 cm³/mol. The van der Waals surface area contributed by atoms with Crippen molar-refractivity contribution < 1.29 is 9.05 Å². The maximum Gasteiger partial charge on any atom is 0.353 e. The summed E-state index contributed by atoms with van der Waals surface area (Å²) in [6.07, 6.45) is 0. The molecule has 0 radical (unpaired) electrons. The molecular weight excluding hydrogens is 245 g/mol. The SMILES string of the molecule is c1ccc(OP2OCCN2c2ccccc2)cc1. The van der Waals surface area contributed by atoms with Crippen molar-refractivity contribution >= 4 is 14.2 Å². The molecule has 0 saturated carbocycles. The van der Waals surface area contributed by atoms with Crippen molar-refractivity contribution in [1.29, 1.82) is 0 Å². The second-order valence-electron chi connectivity index (χ2n) is 3.93. The quantitative estimate of drug-likeness (QED) is 0.782.